The number of Topliss-reactive ketones (excluding diaryl/α,β-unsaturated/α-hetero) is 1. The number of hydrogen-bond donors (Lipinski definition) is 0. The summed E-state index contributed by atoms with van der Waals surface area (Å²) in [5.74, 6) is -0.329. The van der Waals surface area contributed by atoms with Gasteiger partial charge in [-0.05, 0) is 18.6 Å². The first-order chi connectivity index (χ1) is 12.9. The van der Waals surface area contributed by atoms with Gasteiger partial charge in [0.2, 0.25) is 0 Å². The van der Waals surface area contributed by atoms with Crippen molar-refractivity contribution in [2.45, 2.75) is 12.8 Å². The molecule has 0 unspecified atom stereocenters. The molecular weight excluding hydrogens is 350 g/mol. The van der Waals surface area contributed by atoms with Crippen LogP contribution in [0, 0.1) is 0 Å². The average Bonchev–Trinajstić information content (AvgIpc) is 3.06. The normalized spacial score (nSPS) is 13.0. The molecule has 0 fully saturated rings. The molecule has 0 N–H and O–H groups in total. The molecule has 1 aliphatic carbocycles. The lowest BCUT2D eigenvalue weighted by molar-refractivity contribution is 0.0732. The van der Waals surface area contributed by atoms with Crippen LogP contribution >= 0.6 is 0 Å². The van der Waals surface area contributed by atoms with Gasteiger partial charge in [0.1, 0.15) is 11.4 Å². The Labute approximate surface area is 152 Å². The molecule has 1 aliphatic rings. The molecule has 2 heterocycles. The van der Waals surface area contributed by atoms with Crippen molar-refractivity contribution in [3.8, 4) is 5.75 Å². The highest BCUT2D eigenvalue weighted by atomic mass is 16.5. The monoisotopic (exact) mass is 365 g/mol. The molecule has 2 aromatic heterocycles. The van der Waals surface area contributed by atoms with Gasteiger partial charge in [0, 0.05) is 37.8 Å². The number of carbonyl (C=O) groups excluding carboxylic acids is 2. The second kappa shape index (κ2) is 6.01. The number of esters is 1. The van der Waals surface area contributed by atoms with E-state index in [0.717, 1.165) is 4.57 Å². The quantitative estimate of drug-likeness (QED) is 0.496. The highest BCUT2D eigenvalue weighted by molar-refractivity contribution is 6.01. The molecule has 3 aromatic rings. The molecule has 1 aromatic carbocycles. The third-order valence-corrected chi connectivity index (χ3v) is 4.77. The van der Waals surface area contributed by atoms with Gasteiger partial charge in [-0.15, -0.1) is 0 Å². The highest BCUT2D eigenvalue weighted by Crippen LogP contribution is 2.31. The van der Waals surface area contributed by atoms with E-state index in [9.17, 15) is 19.2 Å². The van der Waals surface area contributed by atoms with E-state index in [4.69, 9.17) is 4.74 Å². The summed E-state index contributed by atoms with van der Waals surface area (Å²) >= 11 is 0. The van der Waals surface area contributed by atoms with Gasteiger partial charge in [-0.2, -0.15) is 0 Å². The molecule has 0 amide bonds. The fourth-order valence-corrected chi connectivity index (χ4v) is 3.29. The van der Waals surface area contributed by atoms with Gasteiger partial charge in [-0.3, -0.25) is 18.7 Å². The fourth-order valence-electron chi connectivity index (χ4n) is 3.29. The van der Waals surface area contributed by atoms with Gasteiger partial charge >= 0.3 is 11.7 Å². The zero-order valence-electron chi connectivity index (χ0n) is 14.7. The molecule has 136 valence electrons. The van der Waals surface area contributed by atoms with Crippen molar-refractivity contribution in [3.05, 3.63) is 68.0 Å². The summed E-state index contributed by atoms with van der Waals surface area (Å²) in [4.78, 5) is 52.8. The summed E-state index contributed by atoms with van der Waals surface area (Å²) in [6, 6.07) is 6.37. The minimum Gasteiger partial charge on any atom is -0.423 e. The third-order valence-electron chi connectivity index (χ3n) is 4.77. The molecule has 0 radical (unpaired) electrons. The van der Waals surface area contributed by atoms with E-state index >= 15 is 0 Å². The Hall–Kier alpha value is -3.55. The van der Waals surface area contributed by atoms with Crippen LogP contribution < -0.4 is 16.0 Å². The first kappa shape index (κ1) is 16.9. The zero-order chi connectivity index (χ0) is 19.3. The van der Waals surface area contributed by atoms with Crippen molar-refractivity contribution in [2.75, 3.05) is 0 Å². The van der Waals surface area contributed by atoms with E-state index in [1.54, 1.807) is 18.2 Å². The lowest BCUT2D eigenvalue weighted by Crippen LogP contribution is -2.37. The van der Waals surface area contributed by atoms with Crippen molar-refractivity contribution < 1.29 is 14.3 Å². The molecule has 0 saturated carbocycles. The zero-order valence-corrected chi connectivity index (χ0v) is 14.7. The Morgan fingerprint density at radius 1 is 1.11 bits per heavy atom. The van der Waals surface area contributed by atoms with Crippen molar-refractivity contribution in [1.82, 2.24) is 14.1 Å². The number of benzene rings is 1. The maximum absolute atomic E-state index is 12.6. The topological polar surface area (TPSA) is 100 Å². The Bertz CT molecular complexity index is 1250. The van der Waals surface area contributed by atoms with Gasteiger partial charge < -0.3 is 4.74 Å². The number of ether oxygens (including phenoxy) is 1. The molecule has 8 nitrogen and oxygen atoms in total. The Morgan fingerprint density at radius 2 is 1.89 bits per heavy atom. The maximum atomic E-state index is 12.6. The van der Waals surface area contributed by atoms with E-state index in [1.165, 1.54) is 30.9 Å². The standard InChI is InChI=1S/C19H15N3O5/c1-21-16-13(17(24)22(2)19(21)26)8-10(9-20-16)18(25)27-15-5-3-4-11-12(15)6-7-14(11)23/h3-5,8-9H,6-7H2,1-2H3. The number of nitrogens with zero attached hydrogens (tertiary/aromatic N) is 3. The molecule has 8 heteroatoms. The Morgan fingerprint density at radius 3 is 2.67 bits per heavy atom. The number of aryl methyl sites for hydroxylation is 1. The molecule has 4 rings (SSSR count). The van der Waals surface area contributed by atoms with Crippen LogP contribution in [0.3, 0.4) is 0 Å². The molecule has 0 bridgehead atoms. The summed E-state index contributed by atoms with van der Waals surface area (Å²) in [6.07, 6.45) is 2.18. The highest BCUT2D eigenvalue weighted by Gasteiger charge is 2.24. The van der Waals surface area contributed by atoms with Gasteiger partial charge in [-0.1, -0.05) is 12.1 Å². The molecule has 0 spiro atoms. The van der Waals surface area contributed by atoms with Gasteiger partial charge in [0.25, 0.3) is 5.56 Å². The van der Waals surface area contributed by atoms with Crippen molar-refractivity contribution in [3.63, 3.8) is 0 Å². The lowest BCUT2D eigenvalue weighted by Gasteiger charge is -2.10. The van der Waals surface area contributed by atoms with E-state index in [0.29, 0.717) is 29.7 Å². The number of ketones is 1. The van der Waals surface area contributed by atoms with E-state index in [-0.39, 0.29) is 22.4 Å². The summed E-state index contributed by atoms with van der Waals surface area (Å²) in [5.41, 5.74) is 0.510. The van der Waals surface area contributed by atoms with Crippen molar-refractivity contribution in [2.24, 2.45) is 14.1 Å². The Balaban J connectivity index is 1.76. The molecule has 0 saturated heterocycles. The van der Waals surface area contributed by atoms with Crippen LogP contribution in [0.25, 0.3) is 11.0 Å². The summed E-state index contributed by atoms with van der Waals surface area (Å²) in [5, 5.41) is 0.141. The van der Waals surface area contributed by atoms with Crippen LogP contribution in [0.5, 0.6) is 5.75 Å². The van der Waals surface area contributed by atoms with Crippen LogP contribution in [-0.2, 0) is 20.5 Å². The average molecular weight is 365 g/mol. The van der Waals surface area contributed by atoms with Crippen molar-refractivity contribution in [1.29, 1.82) is 0 Å². The number of rotatable bonds is 2. The van der Waals surface area contributed by atoms with Gasteiger partial charge in [0.05, 0.1) is 10.9 Å². The predicted octanol–water partition coefficient (Wildman–Crippen LogP) is 0.980. The first-order valence-corrected chi connectivity index (χ1v) is 8.31. The summed E-state index contributed by atoms with van der Waals surface area (Å²) < 4.78 is 7.65. The lowest BCUT2D eigenvalue weighted by atomic mass is 10.1. The van der Waals surface area contributed by atoms with E-state index in [1.807, 2.05) is 0 Å². The first-order valence-electron chi connectivity index (χ1n) is 8.31. The maximum Gasteiger partial charge on any atom is 0.345 e. The molecular formula is C19H15N3O5. The number of carbonyl (C=O) groups is 2. The van der Waals surface area contributed by atoms with Crippen LogP contribution in [0.1, 0.15) is 32.7 Å². The van der Waals surface area contributed by atoms with E-state index in [2.05, 4.69) is 4.98 Å². The number of pyridine rings is 1. The summed E-state index contributed by atoms with van der Waals surface area (Å²) in [6.45, 7) is 0. The second-order valence-electron chi connectivity index (χ2n) is 6.40. The summed E-state index contributed by atoms with van der Waals surface area (Å²) in [7, 11) is 2.86. The number of fused-ring (bicyclic) bond motifs is 2. The Kier molecular flexibility index (Phi) is 3.76. The van der Waals surface area contributed by atoms with Crippen molar-refractivity contribution >= 4 is 22.8 Å². The predicted molar refractivity (Wildman–Crippen MR) is 96.3 cm³/mol. The second-order valence-corrected chi connectivity index (χ2v) is 6.40. The number of aromatic nitrogens is 3. The smallest absolute Gasteiger partial charge is 0.345 e. The molecule has 0 aliphatic heterocycles. The van der Waals surface area contributed by atoms with E-state index < -0.39 is 17.2 Å². The largest absolute Gasteiger partial charge is 0.423 e. The fraction of sp³-hybridized carbons (Fsp3) is 0.211. The van der Waals surface area contributed by atoms with Crippen LogP contribution in [0.2, 0.25) is 0 Å². The molecule has 27 heavy (non-hydrogen) atoms. The minimum absolute atomic E-state index is 0.0275. The van der Waals surface area contributed by atoms with Gasteiger partial charge in [0.15, 0.2) is 5.78 Å². The van der Waals surface area contributed by atoms with Gasteiger partial charge in [-0.25, -0.2) is 14.6 Å². The van der Waals surface area contributed by atoms with Crippen LogP contribution in [0.4, 0.5) is 0 Å². The van der Waals surface area contributed by atoms with Crippen LogP contribution in [0.15, 0.2) is 40.1 Å². The SMILES string of the molecule is Cn1c(=O)c2cc(C(=O)Oc3cccc4c3CCC4=O)cnc2n(C)c1=O. The number of hydrogen-bond acceptors (Lipinski definition) is 6. The molecule has 0 atom stereocenters. The minimum atomic E-state index is -0.687. The van der Waals surface area contributed by atoms with Crippen LogP contribution in [-0.4, -0.2) is 25.9 Å². The third kappa shape index (κ3) is 2.57.